The Kier molecular flexibility index (Phi) is 4.15. The van der Waals surface area contributed by atoms with Crippen molar-refractivity contribution in [3.05, 3.63) is 65.0 Å². The van der Waals surface area contributed by atoms with Gasteiger partial charge in [0.25, 0.3) is 5.03 Å². The quantitative estimate of drug-likeness (QED) is 0.481. The zero-order valence-electron chi connectivity index (χ0n) is 11.6. The molecule has 0 saturated heterocycles. The SMILES string of the molecule is CC(C)(C)c1ccc(CSc2cccc[n+]2[O-])cc1. The fourth-order valence-electron chi connectivity index (χ4n) is 1.78. The molecule has 1 aromatic heterocycles. The van der Waals surface area contributed by atoms with Gasteiger partial charge in [-0.25, -0.2) is 0 Å². The Morgan fingerprint density at radius 2 is 1.74 bits per heavy atom. The minimum atomic E-state index is 0.184. The molecule has 1 heterocycles. The van der Waals surface area contributed by atoms with Gasteiger partial charge in [-0.3, -0.25) is 0 Å². The second kappa shape index (κ2) is 5.66. The van der Waals surface area contributed by atoms with Gasteiger partial charge in [-0.05, 0) is 22.6 Å². The van der Waals surface area contributed by atoms with Crippen LogP contribution in [0.2, 0.25) is 0 Å². The summed E-state index contributed by atoms with van der Waals surface area (Å²) in [5.41, 5.74) is 2.75. The Bertz CT molecular complexity index is 543. The van der Waals surface area contributed by atoms with Crippen LogP contribution < -0.4 is 4.73 Å². The van der Waals surface area contributed by atoms with E-state index < -0.39 is 0 Å². The van der Waals surface area contributed by atoms with Crippen LogP contribution in [-0.2, 0) is 11.2 Å². The van der Waals surface area contributed by atoms with Crippen LogP contribution in [0.1, 0.15) is 31.9 Å². The number of nitrogens with zero attached hydrogens (tertiary/aromatic N) is 1. The highest BCUT2D eigenvalue weighted by Crippen LogP contribution is 2.24. The van der Waals surface area contributed by atoms with Crippen molar-refractivity contribution in [3.8, 4) is 0 Å². The highest BCUT2D eigenvalue weighted by molar-refractivity contribution is 7.98. The van der Waals surface area contributed by atoms with Gasteiger partial charge in [-0.15, -0.1) is 0 Å². The summed E-state index contributed by atoms with van der Waals surface area (Å²) in [6.07, 6.45) is 1.53. The molecule has 0 aliphatic rings. The molecule has 0 N–H and O–H groups in total. The van der Waals surface area contributed by atoms with E-state index in [1.54, 1.807) is 17.8 Å². The smallest absolute Gasteiger partial charge is 0.251 e. The van der Waals surface area contributed by atoms with Crippen LogP contribution >= 0.6 is 11.8 Å². The largest absolute Gasteiger partial charge is 0.618 e. The maximum absolute atomic E-state index is 11.5. The molecule has 0 amide bonds. The van der Waals surface area contributed by atoms with E-state index in [2.05, 4.69) is 45.0 Å². The lowest BCUT2D eigenvalue weighted by Crippen LogP contribution is -2.27. The predicted octanol–water partition coefficient (Wildman–Crippen LogP) is 3.91. The standard InChI is InChI=1S/C16H19NOS/c1-16(2,3)14-9-7-13(8-10-14)12-19-15-6-4-5-11-17(15)18/h4-11H,12H2,1-3H3. The fraction of sp³-hybridized carbons (Fsp3) is 0.312. The van der Waals surface area contributed by atoms with Crippen molar-refractivity contribution in [1.29, 1.82) is 0 Å². The third-order valence-electron chi connectivity index (χ3n) is 3.00. The number of thioether (sulfide) groups is 1. The van der Waals surface area contributed by atoms with E-state index in [9.17, 15) is 5.21 Å². The molecule has 0 saturated carbocycles. The summed E-state index contributed by atoms with van der Waals surface area (Å²) in [6, 6.07) is 14.1. The molecular formula is C16H19NOS. The van der Waals surface area contributed by atoms with E-state index in [0.717, 1.165) is 15.5 Å². The van der Waals surface area contributed by atoms with Crippen LogP contribution in [0.5, 0.6) is 0 Å². The fourth-order valence-corrected chi connectivity index (χ4v) is 2.65. The van der Waals surface area contributed by atoms with E-state index >= 15 is 0 Å². The lowest BCUT2D eigenvalue weighted by atomic mass is 9.87. The lowest BCUT2D eigenvalue weighted by molar-refractivity contribution is -0.645. The maximum Gasteiger partial charge on any atom is 0.251 e. The van der Waals surface area contributed by atoms with Gasteiger partial charge in [-0.1, -0.05) is 56.8 Å². The minimum Gasteiger partial charge on any atom is -0.618 e. The summed E-state index contributed by atoms with van der Waals surface area (Å²) in [4.78, 5) is 0. The van der Waals surface area contributed by atoms with Gasteiger partial charge in [-0.2, -0.15) is 4.73 Å². The minimum absolute atomic E-state index is 0.184. The Hall–Kier alpha value is -1.48. The molecule has 0 fully saturated rings. The molecule has 100 valence electrons. The maximum atomic E-state index is 11.5. The number of hydrogen-bond acceptors (Lipinski definition) is 2. The molecule has 0 atom stereocenters. The van der Waals surface area contributed by atoms with Crippen molar-refractivity contribution in [1.82, 2.24) is 0 Å². The molecule has 19 heavy (non-hydrogen) atoms. The van der Waals surface area contributed by atoms with Crippen molar-refractivity contribution in [2.45, 2.75) is 37.0 Å². The molecule has 2 nitrogen and oxygen atoms in total. The summed E-state index contributed by atoms with van der Waals surface area (Å²) in [6.45, 7) is 6.63. The van der Waals surface area contributed by atoms with E-state index in [4.69, 9.17) is 0 Å². The van der Waals surface area contributed by atoms with Crippen LogP contribution in [0.25, 0.3) is 0 Å². The third kappa shape index (κ3) is 3.74. The zero-order valence-corrected chi connectivity index (χ0v) is 12.4. The summed E-state index contributed by atoms with van der Waals surface area (Å²) >= 11 is 1.56. The van der Waals surface area contributed by atoms with Gasteiger partial charge in [0.15, 0.2) is 6.20 Å². The topological polar surface area (TPSA) is 26.9 Å². The molecule has 3 heteroatoms. The number of pyridine rings is 1. The Labute approximate surface area is 119 Å². The highest BCUT2D eigenvalue weighted by Gasteiger charge is 2.13. The van der Waals surface area contributed by atoms with Crippen LogP contribution in [0.4, 0.5) is 0 Å². The van der Waals surface area contributed by atoms with Gasteiger partial charge >= 0.3 is 0 Å². The Morgan fingerprint density at radius 1 is 1.05 bits per heavy atom. The number of aromatic nitrogens is 1. The van der Waals surface area contributed by atoms with Crippen LogP contribution in [0.3, 0.4) is 0 Å². The van der Waals surface area contributed by atoms with Crippen molar-refractivity contribution >= 4 is 11.8 Å². The van der Waals surface area contributed by atoms with E-state index in [-0.39, 0.29) is 5.41 Å². The molecule has 0 spiro atoms. The molecule has 2 rings (SSSR count). The van der Waals surface area contributed by atoms with Crippen LogP contribution in [0, 0.1) is 5.21 Å². The molecule has 0 aliphatic heterocycles. The first-order valence-corrected chi connectivity index (χ1v) is 7.36. The zero-order chi connectivity index (χ0) is 13.9. The van der Waals surface area contributed by atoms with Crippen molar-refractivity contribution in [3.63, 3.8) is 0 Å². The van der Waals surface area contributed by atoms with Crippen molar-refractivity contribution < 1.29 is 4.73 Å². The molecule has 2 aromatic rings. The van der Waals surface area contributed by atoms with E-state index in [0.29, 0.717) is 0 Å². The average molecular weight is 273 g/mol. The summed E-state index contributed by atoms with van der Waals surface area (Å²) in [7, 11) is 0. The first kappa shape index (κ1) is 13.9. The number of rotatable bonds is 3. The van der Waals surface area contributed by atoms with Gasteiger partial charge in [0, 0.05) is 17.9 Å². The van der Waals surface area contributed by atoms with Crippen molar-refractivity contribution in [2.75, 3.05) is 0 Å². The first-order chi connectivity index (χ1) is 8.97. The summed E-state index contributed by atoms with van der Waals surface area (Å²) < 4.78 is 0.911. The van der Waals surface area contributed by atoms with Gasteiger partial charge in [0.05, 0.1) is 0 Å². The second-order valence-corrected chi connectivity index (χ2v) is 6.60. The van der Waals surface area contributed by atoms with Gasteiger partial charge in [0.1, 0.15) is 0 Å². The average Bonchev–Trinajstić information content (AvgIpc) is 2.37. The third-order valence-corrected chi connectivity index (χ3v) is 4.08. The molecule has 0 bridgehead atoms. The van der Waals surface area contributed by atoms with E-state index in [1.807, 2.05) is 12.1 Å². The predicted molar refractivity (Wildman–Crippen MR) is 80.1 cm³/mol. The molecular weight excluding hydrogens is 254 g/mol. The molecule has 1 aromatic carbocycles. The normalized spacial score (nSPS) is 11.5. The van der Waals surface area contributed by atoms with Crippen molar-refractivity contribution in [2.24, 2.45) is 0 Å². The molecule has 0 aliphatic carbocycles. The van der Waals surface area contributed by atoms with Crippen LogP contribution in [-0.4, -0.2) is 0 Å². The highest BCUT2D eigenvalue weighted by atomic mass is 32.2. The van der Waals surface area contributed by atoms with Gasteiger partial charge < -0.3 is 5.21 Å². The number of hydrogen-bond donors (Lipinski definition) is 0. The summed E-state index contributed by atoms with van der Waals surface area (Å²) in [5, 5.41) is 12.3. The molecule has 0 unspecified atom stereocenters. The van der Waals surface area contributed by atoms with Crippen LogP contribution in [0.15, 0.2) is 53.7 Å². The lowest BCUT2D eigenvalue weighted by Gasteiger charge is -2.19. The Morgan fingerprint density at radius 3 is 2.32 bits per heavy atom. The second-order valence-electron chi connectivity index (χ2n) is 5.60. The van der Waals surface area contributed by atoms with E-state index in [1.165, 1.54) is 17.3 Å². The monoisotopic (exact) mass is 273 g/mol. The number of benzene rings is 1. The first-order valence-electron chi connectivity index (χ1n) is 6.37. The molecule has 0 radical (unpaired) electrons. The van der Waals surface area contributed by atoms with Gasteiger partial charge in [0.2, 0.25) is 0 Å². The summed E-state index contributed by atoms with van der Waals surface area (Å²) in [5.74, 6) is 0.816. The Balaban J connectivity index is 2.03.